The van der Waals surface area contributed by atoms with Crippen molar-refractivity contribution in [3.8, 4) is 17.0 Å². The second-order valence-corrected chi connectivity index (χ2v) is 8.11. The van der Waals surface area contributed by atoms with Crippen LogP contribution in [0.25, 0.3) is 11.3 Å². The van der Waals surface area contributed by atoms with Crippen LogP contribution in [0.1, 0.15) is 25.0 Å². The lowest BCUT2D eigenvalue weighted by Gasteiger charge is -2.36. The van der Waals surface area contributed by atoms with Gasteiger partial charge in [0.25, 0.3) is 0 Å². The van der Waals surface area contributed by atoms with Crippen molar-refractivity contribution in [2.45, 2.75) is 50.5 Å². The average molecular weight is 452 g/mol. The fourth-order valence-electron chi connectivity index (χ4n) is 4.01. The van der Waals surface area contributed by atoms with E-state index in [2.05, 4.69) is 20.6 Å². The lowest BCUT2D eigenvalue weighted by atomic mass is 9.97. The molecule has 1 saturated heterocycles. The number of rotatable bonds is 9. The van der Waals surface area contributed by atoms with Gasteiger partial charge in [-0.25, -0.2) is 0 Å². The molecule has 3 aromatic rings. The zero-order valence-corrected chi connectivity index (χ0v) is 18.6. The summed E-state index contributed by atoms with van der Waals surface area (Å²) in [5.41, 5.74) is 2.48. The highest BCUT2D eigenvalue weighted by Gasteiger charge is 2.31. The fraction of sp³-hybridized carbons (Fsp3) is 0.417. The van der Waals surface area contributed by atoms with Gasteiger partial charge in [-0.1, -0.05) is 11.3 Å². The highest BCUT2D eigenvalue weighted by atomic mass is 16.5. The lowest BCUT2D eigenvalue weighted by Crippen LogP contribution is -2.51. The van der Waals surface area contributed by atoms with Crippen LogP contribution in [0.15, 0.2) is 54.9 Å². The monoisotopic (exact) mass is 451 g/mol. The van der Waals surface area contributed by atoms with Crippen LogP contribution in [0.2, 0.25) is 0 Å². The lowest BCUT2D eigenvalue weighted by molar-refractivity contribution is -0.128. The predicted octanol–water partition coefficient (Wildman–Crippen LogP) is 2.01. The number of benzene rings is 1. The van der Waals surface area contributed by atoms with Gasteiger partial charge in [-0.15, -0.1) is 5.10 Å². The molecule has 0 aliphatic carbocycles. The minimum atomic E-state index is -0.429. The number of ether oxygens (including phenoxy) is 2. The molecule has 1 amide bonds. The van der Waals surface area contributed by atoms with Crippen molar-refractivity contribution >= 4 is 5.91 Å². The van der Waals surface area contributed by atoms with E-state index in [9.17, 15) is 9.90 Å². The number of nitrogens with zero attached hydrogens (tertiary/aromatic N) is 4. The quantitative estimate of drug-likeness (QED) is 0.512. The van der Waals surface area contributed by atoms with Crippen molar-refractivity contribution in [2.24, 2.45) is 0 Å². The summed E-state index contributed by atoms with van der Waals surface area (Å²) in [4.78, 5) is 16.6. The number of aryl methyl sites for hydroxylation is 1. The van der Waals surface area contributed by atoms with Gasteiger partial charge < -0.3 is 19.9 Å². The van der Waals surface area contributed by atoms with Crippen LogP contribution in [-0.2, 0) is 22.5 Å². The SMILES string of the molecule is COc1ccc(-c2cn(CC[C@@H]3CC[C@H](NC(=O)Cc4ccccn4)[C@@H](CO)O3)nn2)cc1. The molecule has 3 heterocycles. The molecule has 174 valence electrons. The van der Waals surface area contributed by atoms with E-state index in [-0.39, 0.29) is 31.1 Å². The van der Waals surface area contributed by atoms with E-state index >= 15 is 0 Å². The molecule has 0 unspecified atom stereocenters. The topological polar surface area (TPSA) is 111 Å². The first-order valence-electron chi connectivity index (χ1n) is 11.1. The summed E-state index contributed by atoms with van der Waals surface area (Å²) in [6.45, 7) is 0.513. The van der Waals surface area contributed by atoms with Gasteiger partial charge in [-0.05, 0) is 55.7 Å². The smallest absolute Gasteiger partial charge is 0.226 e. The van der Waals surface area contributed by atoms with Crippen molar-refractivity contribution < 1.29 is 19.4 Å². The summed E-state index contributed by atoms with van der Waals surface area (Å²) in [6, 6.07) is 13.0. The molecule has 3 atom stereocenters. The van der Waals surface area contributed by atoms with Gasteiger partial charge in [0.15, 0.2) is 0 Å². The minimum absolute atomic E-state index is 0.0141. The molecule has 1 aliphatic rings. The van der Waals surface area contributed by atoms with Gasteiger partial charge in [-0.2, -0.15) is 0 Å². The zero-order chi connectivity index (χ0) is 23.0. The van der Waals surface area contributed by atoms with E-state index in [4.69, 9.17) is 9.47 Å². The maximum absolute atomic E-state index is 12.4. The van der Waals surface area contributed by atoms with Gasteiger partial charge in [-0.3, -0.25) is 14.5 Å². The van der Waals surface area contributed by atoms with Gasteiger partial charge in [0, 0.05) is 24.0 Å². The van der Waals surface area contributed by atoms with Crippen LogP contribution in [0, 0.1) is 0 Å². The number of aliphatic hydroxyl groups excluding tert-OH is 1. The first-order chi connectivity index (χ1) is 16.1. The minimum Gasteiger partial charge on any atom is -0.497 e. The van der Waals surface area contributed by atoms with Crippen LogP contribution in [-0.4, -0.2) is 63.0 Å². The van der Waals surface area contributed by atoms with E-state index in [1.165, 1.54) is 0 Å². The molecule has 2 aromatic heterocycles. The molecule has 0 saturated carbocycles. The largest absolute Gasteiger partial charge is 0.497 e. The maximum Gasteiger partial charge on any atom is 0.226 e. The Hall–Kier alpha value is -3.30. The second kappa shape index (κ2) is 11.0. The second-order valence-electron chi connectivity index (χ2n) is 8.11. The third-order valence-electron chi connectivity index (χ3n) is 5.81. The van der Waals surface area contributed by atoms with E-state index in [1.807, 2.05) is 48.7 Å². The molecule has 0 spiro atoms. The molecule has 9 nitrogen and oxygen atoms in total. The molecular weight excluding hydrogens is 422 g/mol. The Morgan fingerprint density at radius 2 is 2.09 bits per heavy atom. The summed E-state index contributed by atoms with van der Waals surface area (Å²) in [6.07, 6.45) is 5.64. The van der Waals surface area contributed by atoms with Crippen molar-refractivity contribution in [2.75, 3.05) is 13.7 Å². The Morgan fingerprint density at radius 3 is 2.82 bits per heavy atom. The standard InChI is InChI=1S/C24H29N5O4/c1-32-19-7-5-17(6-8-19)22-15-29(28-27-22)13-11-20-9-10-21(23(16-30)33-20)26-24(31)14-18-4-2-3-12-25-18/h2-8,12,15,20-21,23,30H,9-11,13-14,16H2,1H3,(H,26,31)/t20-,21-,23+/m0/s1. The number of pyridine rings is 1. The van der Waals surface area contributed by atoms with Crippen LogP contribution < -0.4 is 10.1 Å². The number of nitrogens with one attached hydrogen (secondary N) is 1. The molecular formula is C24H29N5O4. The number of aliphatic hydroxyl groups is 1. The third kappa shape index (κ3) is 6.15. The van der Waals surface area contributed by atoms with Gasteiger partial charge in [0.2, 0.25) is 5.91 Å². The first-order valence-corrected chi connectivity index (χ1v) is 11.1. The molecule has 33 heavy (non-hydrogen) atoms. The molecule has 0 bridgehead atoms. The summed E-state index contributed by atoms with van der Waals surface area (Å²) in [5.74, 6) is 0.679. The molecule has 0 radical (unpaired) electrons. The van der Waals surface area contributed by atoms with Crippen molar-refractivity contribution in [3.05, 3.63) is 60.6 Å². The Kier molecular flexibility index (Phi) is 7.64. The molecule has 9 heteroatoms. The van der Waals surface area contributed by atoms with Crippen LogP contribution in [0.5, 0.6) is 5.75 Å². The van der Waals surface area contributed by atoms with E-state index in [0.717, 1.165) is 36.3 Å². The highest BCUT2D eigenvalue weighted by molar-refractivity contribution is 5.78. The Labute approximate surface area is 192 Å². The van der Waals surface area contributed by atoms with Crippen LogP contribution >= 0.6 is 0 Å². The van der Waals surface area contributed by atoms with Crippen molar-refractivity contribution in [1.82, 2.24) is 25.3 Å². The average Bonchev–Trinajstić information content (AvgIpc) is 3.33. The van der Waals surface area contributed by atoms with E-state index in [0.29, 0.717) is 12.2 Å². The number of hydrogen-bond donors (Lipinski definition) is 2. The van der Waals surface area contributed by atoms with E-state index in [1.54, 1.807) is 18.0 Å². The third-order valence-corrected chi connectivity index (χ3v) is 5.81. The Balaban J connectivity index is 1.26. The summed E-state index contributed by atoms with van der Waals surface area (Å²) in [7, 11) is 1.64. The predicted molar refractivity (Wildman–Crippen MR) is 121 cm³/mol. The van der Waals surface area contributed by atoms with Gasteiger partial charge in [0.05, 0.1) is 38.5 Å². The number of methoxy groups -OCH3 is 1. The fourth-order valence-corrected chi connectivity index (χ4v) is 4.01. The number of aromatic nitrogens is 4. The molecule has 2 N–H and O–H groups in total. The highest BCUT2D eigenvalue weighted by Crippen LogP contribution is 2.23. The number of amides is 1. The molecule has 1 aliphatic heterocycles. The van der Waals surface area contributed by atoms with Crippen molar-refractivity contribution in [3.63, 3.8) is 0 Å². The van der Waals surface area contributed by atoms with Gasteiger partial charge >= 0.3 is 0 Å². The van der Waals surface area contributed by atoms with Crippen molar-refractivity contribution in [1.29, 1.82) is 0 Å². The number of carbonyl (C=O) groups excluding carboxylic acids is 1. The first kappa shape index (κ1) is 22.9. The summed E-state index contributed by atoms with van der Waals surface area (Å²) < 4.78 is 13.1. The van der Waals surface area contributed by atoms with Crippen LogP contribution in [0.3, 0.4) is 0 Å². The maximum atomic E-state index is 12.4. The molecule has 1 aromatic carbocycles. The van der Waals surface area contributed by atoms with E-state index < -0.39 is 6.10 Å². The number of carbonyl (C=O) groups is 1. The Bertz CT molecular complexity index is 1020. The Morgan fingerprint density at radius 1 is 1.24 bits per heavy atom. The van der Waals surface area contributed by atoms with Crippen LogP contribution in [0.4, 0.5) is 0 Å². The summed E-state index contributed by atoms with van der Waals surface area (Å²) >= 11 is 0. The zero-order valence-electron chi connectivity index (χ0n) is 18.6. The summed E-state index contributed by atoms with van der Waals surface area (Å²) in [5, 5.41) is 21.3. The molecule has 1 fully saturated rings. The normalized spacial score (nSPS) is 20.4. The molecule has 4 rings (SSSR count). The van der Waals surface area contributed by atoms with Gasteiger partial charge in [0.1, 0.15) is 17.5 Å². The number of hydrogen-bond acceptors (Lipinski definition) is 7.